The van der Waals surface area contributed by atoms with Crippen LogP contribution in [0.4, 0.5) is 5.69 Å². The average molecular weight is 227 g/mol. The van der Waals surface area contributed by atoms with E-state index >= 15 is 0 Å². The summed E-state index contributed by atoms with van der Waals surface area (Å²) in [5, 5.41) is 8.40. The second kappa shape index (κ2) is 4.10. The molecular weight excluding hydrogens is 214 g/mol. The van der Waals surface area contributed by atoms with Crippen LogP contribution < -0.4 is 10.6 Å². The van der Waals surface area contributed by atoms with Gasteiger partial charge in [0.15, 0.2) is 5.82 Å². The molecule has 0 aromatic heterocycles. The quantitative estimate of drug-likeness (QED) is 0.838. The maximum Gasteiger partial charge on any atom is 0.175 e. The van der Waals surface area contributed by atoms with Gasteiger partial charge in [-0.2, -0.15) is 5.11 Å². The topological polar surface area (TPSA) is 66.3 Å². The minimum absolute atomic E-state index is 0.00546. The van der Waals surface area contributed by atoms with E-state index in [1.54, 1.807) is 6.20 Å². The van der Waals surface area contributed by atoms with E-state index in [1.807, 2.05) is 24.4 Å². The van der Waals surface area contributed by atoms with E-state index in [1.165, 1.54) is 0 Å². The van der Waals surface area contributed by atoms with Gasteiger partial charge in [0.05, 0.1) is 11.9 Å². The van der Waals surface area contributed by atoms with Crippen molar-refractivity contribution in [3.05, 3.63) is 41.8 Å². The fraction of sp³-hybridized carbons (Fsp3) is 0.250. The fourth-order valence-electron chi connectivity index (χ4n) is 2.09. The number of hydrogen-bond acceptors (Lipinski definition) is 5. The zero-order valence-electron chi connectivity index (χ0n) is 9.32. The molecular formula is C12H13N5. The Morgan fingerprint density at radius 3 is 3.06 bits per heavy atom. The summed E-state index contributed by atoms with van der Waals surface area (Å²) < 4.78 is 0. The number of nitrogens with zero attached hydrogens (tertiary/aromatic N) is 4. The van der Waals surface area contributed by atoms with Crippen LogP contribution in [-0.2, 0) is 0 Å². The summed E-state index contributed by atoms with van der Waals surface area (Å²) in [6.45, 7) is 0.594. The molecule has 0 spiro atoms. The predicted molar refractivity (Wildman–Crippen MR) is 66.9 cm³/mol. The smallest absolute Gasteiger partial charge is 0.175 e. The molecule has 2 aliphatic heterocycles. The second-order valence-corrected chi connectivity index (χ2v) is 3.97. The van der Waals surface area contributed by atoms with Crippen LogP contribution >= 0.6 is 0 Å². The van der Waals surface area contributed by atoms with E-state index in [2.05, 4.69) is 26.2 Å². The number of nitrogens with two attached hydrogens (primary N) is 1. The van der Waals surface area contributed by atoms with E-state index < -0.39 is 0 Å². The van der Waals surface area contributed by atoms with Crippen LogP contribution in [0.25, 0.3) is 0 Å². The normalized spacial score (nSPS) is 20.9. The van der Waals surface area contributed by atoms with Gasteiger partial charge in [0.1, 0.15) is 6.17 Å². The van der Waals surface area contributed by atoms with Crippen LogP contribution in [0.1, 0.15) is 12.0 Å². The molecule has 1 aromatic carbocycles. The maximum absolute atomic E-state index is 5.61. The molecule has 1 aromatic rings. The first-order chi connectivity index (χ1) is 8.40. The van der Waals surface area contributed by atoms with Crippen molar-refractivity contribution < 1.29 is 0 Å². The number of fused-ring (bicyclic) bond motifs is 3. The molecule has 3 rings (SSSR count). The summed E-state index contributed by atoms with van der Waals surface area (Å²) in [7, 11) is 0. The van der Waals surface area contributed by atoms with Gasteiger partial charge in [-0.3, -0.25) is 9.89 Å². The molecule has 1 unspecified atom stereocenters. The lowest BCUT2D eigenvalue weighted by Crippen LogP contribution is -2.30. The zero-order valence-corrected chi connectivity index (χ0v) is 9.32. The Morgan fingerprint density at radius 1 is 1.29 bits per heavy atom. The summed E-state index contributed by atoms with van der Waals surface area (Å²) in [5.74, 6) is 0.782. The van der Waals surface area contributed by atoms with Crippen molar-refractivity contribution in [2.45, 2.75) is 12.6 Å². The Kier molecular flexibility index (Phi) is 2.45. The fourth-order valence-corrected chi connectivity index (χ4v) is 2.09. The largest absolute Gasteiger partial charge is 0.330 e. The third-order valence-corrected chi connectivity index (χ3v) is 2.86. The molecule has 1 atom stereocenters. The second-order valence-electron chi connectivity index (χ2n) is 3.97. The number of rotatable bonds is 2. The van der Waals surface area contributed by atoms with Gasteiger partial charge in [-0.25, -0.2) is 0 Å². The van der Waals surface area contributed by atoms with Crippen molar-refractivity contribution in [3.63, 3.8) is 0 Å². The minimum Gasteiger partial charge on any atom is -0.330 e. The molecule has 17 heavy (non-hydrogen) atoms. The molecule has 2 N–H and O–H groups in total. The Hall–Kier alpha value is -2.01. The highest BCUT2D eigenvalue weighted by molar-refractivity contribution is 5.90. The molecule has 5 heteroatoms. The highest BCUT2D eigenvalue weighted by atomic mass is 15.5. The minimum atomic E-state index is -0.00546. The van der Waals surface area contributed by atoms with Crippen molar-refractivity contribution in [1.29, 1.82) is 0 Å². The van der Waals surface area contributed by atoms with Gasteiger partial charge in [-0.05, 0) is 12.6 Å². The number of aliphatic imine (C=N–C) groups is 1. The van der Waals surface area contributed by atoms with Crippen LogP contribution in [-0.4, -0.2) is 18.9 Å². The van der Waals surface area contributed by atoms with Crippen molar-refractivity contribution in [3.8, 4) is 0 Å². The Balaban J connectivity index is 2.07. The highest BCUT2D eigenvalue weighted by Gasteiger charge is 2.29. The van der Waals surface area contributed by atoms with Crippen molar-refractivity contribution in [1.82, 2.24) is 0 Å². The number of benzene rings is 1. The van der Waals surface area contributed by atoms with Crippen molar-refractivity contribution >= 4 is 11.9 Å². The van der Waals surface area contributed by atoms with Crippen molar-refractivity contribution in [2.24, 2.45) is 21.0 Å². The molecule has 86 valence electrons. The summed E-state index contributed by atoms with van der Waals surface area (Å²) >= 11 is 0. The predicted octanol–water partition coefficient (Wildman–Crippen LogP) is 1.87. The molecule has 0 radical (unpaired) electrons. The molecule has 0 saturated heterocycles. The first-order valence-electron chi connectivity index (χ1n) is 5.62. The van der Waals surface area contributed by atoms with E-state index in [9.17, 15) is 0 Å². The van der Waals surface area contributed by atoms with Gasteiger partial charge in [-0.15, -0.1) is 5.11 Å². The molecule has 0 saturated carbocycles. The SMILES string of the molecule is NCCC1N=NC2=CN=Cc3ccccc3N21. The molecule has 2 heterocycles. The third kappa shape index (κ3) is 1.64. The Bertz CT molecular complexity index is 517. The number of para-hydroxylation sites is 1. The number of anilines is 1. The van der Waals surface area contributed by atoms with Gasteiger partial charge < -0.3 is 5.73 Å². The lowest BCUT2D eigenvalue weighted by molar-refractivity contribution is 0.638. The van der Waals surface area contributed by atoms with Gasteiger partial charge in [0, 0.05) is 18.2 Å². The van der Waals surface area contributed by atoms with Gasteiger partial charge in [0.25, 0.3) is 0 Å². The van der Waals surface area contributed by atoms with Crippen LogP contribution in [0.15, 0.2) is 51.5 Å². The molecule has 0 bridgehead atoms. The molecule has 0 fully saturated rings. The first-order valence-corrected chi connectivity index (χ1v) is 5.62. The average Bonchev–Trinajstić information content (AvgIpc) is 2.65. The molecule has 0 aliphatic carbocycles. The maximum atomic E-state index is 5.61. The molecule has 5 nitrogen and oxygen atoms in total. The lowest BCUT2D eigenvalue weighted by Gasteiger charge is -2.24. The summed E-state index contributed by atoms with van der Waals surface area (Å²) in [6.07, 6.45) is 4.36. The standard InChI is InChI=1S/C12H13N5/c13-6-5-11-15-16-12-8-14-7-9-3-1-2-4-10(9)17(11)12/h1-4,7-8,11H,5-6,13H2. The summed E-state index contributed by atoms with van der Waals surface area (Å²) in [6, 6.07) is 8.10. The third-order valence-electron chi connectivity index (χ3n) is 2.86. The van der Waals surface area contributed by atoms with Crippen molar-refractivity contribution in [2.75, 3.05) is 11.4 Å². The van der Waals surface area contributed by atoms with Crippen LogP contribution in [0.3, 0.4) is 0 Å². The molecule has 2 aliphatic rings. The van der Waals surface area contributed by atoms with Gasteiger partial charge in [-0.1, -0.05) is 18.2 Å². The van der Waals surface area contributed by atoms with E-state index in [4.69, 9.17) is 5.73 Å². The number of hydrogen-bond donors (Lipinski definition) is 1. The molecule has 0 amide bonds. The highest BCUT2D eigenvalue weighted by Crippen LogP contribution is 2.33. The van der Waals surface area contributed by atoms with E-state index in [0.717, 1.165) is 23.5 Å². The Morgan fingerprint density at radius 2 is 2.18 bits per heavy atom. The van der Waals surface area contributed by atoms with E-state index in [-0.39, 0.29) is 6.17 Å². The van der Waals surface area contributed by atoms with Crippen LogP contribution in [0, 0.1) is 0 Å². The monoisotopic (exact) mass is 227 g/mol. The summed E-state index contributed by atoms with van der Waals surface area (Å²) in [4.78, 5) is 6.33. The van der Waals surface area contributed by atoms with E-state index in [0.29, 0.717) is 6.54 Å². The van der Waals surface area contributed by atoms with Gasteiger partial charge >= 0.3 is 0 Å². The zero-order chi connectivity index (χ0) is 11.7. The number of azo groups is 1. The Labute approximate surface area is 99.4 Å². The van der Waals surface area contributed by atoms with Crippen LogP contribution in [0.5, 0.6) is 0 Å². The summed E-state index contributed by atoms with van der Waals surface area (Å²) in [5.41, 5.74) is 7.77. The lowest BCUT2D eigenvalue weighted by atomic mass is 10.1. The first kappa shape index (κ1) is 10.2. The van der Waals surface area contributed by atoms with Gasteiger partial charge in [0.2, 0.25) is 0 Å². The van der Waals surface area contributed by atoms with Crippen LogP contribution in [0.2, 0.25) is 0 Å².